The first-order valence-corrected chi connectivity index (χ1v) is 17.1. The Kier molecular flexibility index (Phi) is 5.92. The number of amidine groups is 1. The van der Waals surface area contributed by atoms with E-state index in [0.29, 0.717) is 5.96 Å². The third kappa shape index (κ3) is 4.30. The fraction of sp³-hybridized carbons (Fsp3) is 0.0222. The van der Waals surface area contributed by atoms with Crippen molar-refractivity contribution in [1.29, 1.82) is 0 Å². The number of furan rings is 2. The van der Waals surface area contributed by atoms with Crippen molar-refractivity contribution in [2.24, 2.45) is 9.98 Å². The Morgan fingerprint density at radius 1 is 0.490 bits per heavy atom. The number of nitrogens with one attached hydrogen (secondary N) is 1. The van der Waals surface area contributed by atoms with Gasteiger partial charge in [0, 0.05) is 37.9 Å². The second kappa shape index (κ2) is 10.8. The van der Waals surface area contributed by atoms with E-state index in [0.717, 1.165) is 83.0 Å². The summed E-state index contributed by atoms with van der Waals surface area (Å²) in [6, 6.07) is 54.4. The number of nitrogens with zero attached hydrogens (tertiary/aromatic N) is 3. The molecular weight excluding hydrogens is 629 g/mol. The fourth-order valence-electron chi connectivity index (χ4n) is 7.73. The summed E-state index contributed by atoms with van der Waals surface area (Å²) < 4.78 is 14.9. The van der Waals surface area contributed by atoms with E-state index in [-0.39, 0.29) is 6.17 Å². The molecule has 51 heavy (non-hydrogen) atoms. The van der Waals surface area contributed by atoms with Crippen molar-refractivity contribution in [1.82, 2.24) is 9.88 Å². The van der Waals surface area contributed by atoms with E-state index < -0.39 is 0 Å². The van der Waals surface area contributed by atoms with Crippen molar-refractivity contribution < 1.29 is 8.83 Å². The van der Waals surface area contributed by atoms with Gasteiger partial charge in [-0.05, 0) is 71.3 Å². The van der Waals surface area contributed by atoms with Crippen LogP contribution >= 0.6 is 0 Å². The summed E-state index contributed by atoms with van der Waals surface area (Å²) in [5, 5.41) is 10.3. The fourth-order valence-corrected chi connectivity index (χ4v) is 7.73. The first kappa shape index (κ1) is 28.0. The molecule has 4 heterocycles. The summed E-state index contributed by atoms with van der Waals surface area (Å²) in [4.78, 5) is 10.4. The average molecular weight is 657 g/mol. The summed E-state index contributed by atoms with van der Waals surface area (Å²) >= 11 is 0. The molecule has 1 N–H and O–H groups in total. The zero-order chi connectivity index (χ0) is 33.5. The molecule has 6 nitrogen and oxygen atoms in total. The molecule has 1 aliphatic rings. The molecule has 0 radical (unpaired) electrons. The molecule has 0 bridgehead atoms. The first-order valence-electron chi connectivity index (χ1n) is 17.1. The number of hydrogen-bond donors (Lipinski definition) is 1. The van der Waals surface area contributed by atoms with E-state index in [2.05, 4.69) is 119 Å². The molecule has 0 saturated carbocycles. The Balaban J connectivity index is 1.06. The van der Waals surface area contributed by atoms with Gasteiger partial charge < -0.3 is 14.2 Å². The van der Waals surface area contributed by atoms with Crippen molar-refractivity contribution in [3.05, 3.63) is 169 Å². The van der Waals surface area contributed by atoms with Gasteiger partial charge in [-0.3, -0.25) is 4.57 Å². The van der Waals surface area contributed by atoms with E-state index in [4.69, 9.17) is 18.8 Å². The highest BCUT2D eigenvalue weighted by Gasteiger charge is 2.24. The number of aliphatic imine (C=N–C) groups is 2. The maximum absolute atomic E-state index is 6.49. The van der Waals surface area contributed by atoms with Crippen molar-refractivity contribution in [2.45, 2.75) is 6.17 Å². The standard InChI is InChI=1S/C45H28N4O2/c1-2-11-27(12-3-1)43-46-44(48-45(47-43)49-36-17-7-4-13-31(36)32-14-5-8-18-37(32)49)29-22-24-39-35(25-29)33-23-21-28(26-41(33)51-39)30-16-10-20-40-42(30)34-15-6-9-19-38(34)50-40/h1-26,43H,(H,46,47,48). The van der Waals surface area contributed by atoms with Crippen LogP contribution in [-0.4, -0.2) is 16.4 Å². The minimum atomic E-state index is -0.324. The highest BCUT2D eigenvalue weighted by Crippen LogP contribution is 2.39. The van der Waals surface area contributed by atoms with Crippen LogP contribution in [0.2, 0.25) is 0 Å². The SMILES string of the molecule is c1ccc(C2N=C(n3c4ccccc4c4ccccc43)N=C(c3ccc4oc5cc(-c6cccc7oc8ccccc8c67)ccc5c4c3)N2)cc1. The topological polar surface area (TPSA) is 68.0 Å². The number of aromatic nitrogens is 1. The van der Waals surface area contributed by atoms with Gasteiger partial charge in [0.1, 0.15) is 34.3 Å². The molecule has 7 aromatic carbocycles. The molecule has 0 aliphatic carbocycles. The molecule has 3 aromatic heterocycles. The van der Waals surface area contributed by atoms with Gasteiger partial charge in [-0.25, -0.2) is 4.99 Å². The molecule has 0 amide bonds. The summed E-state index contributed by atoms with van der Waals surface area (Å²) in [7, 11) is 0. The Labute approximate surface area is 291 Å². The van der Waals surface area contributed by atoms with Gasteiger partial charge in [-0.1, -0.05) is 103 Å². The molecular formula is C45H28N4O2. The summed E-state index contributed by atoms with van der Waals surface area (Å²) in [5.74, 6) is 1.39. The number of rotatable bonds is 3. The van der Waals surface area contributed by atoms with Crippen LogP contribution in [-0.2, 0) is 0 Å². The average Bonchev–Trinajstić information content (AvgIpc) is 3.87. The molecule has 0 saturated heterocycles. The lowest BCUT2D eigenvalue weighted by atomic mass is 9.98. The molecule has 10 aromatic rings. The van der Waals surface area contributed by atoms with Gasteiger partial charge in [0.2, 0.25) is 5.96 Å². The summed E-state index contributed by atoms with van der Waals surface area (Å²) in [6.07, 6.45) is -0.324. The van der Waals surface area contributed by atoms with Gasteiger partial charge in [0.15, 0.2) is 0 Å². The van der Waals surface area contributed by atoms with E-state index in [1.165, 1.54) is 10.8 Å². The molecule has 240 valence electrons. The maximum Gasteiger partial charge on any atom is 0.234 e. The second-order valence-electron chi connectivity index (χ2n) is 13.0. The smallest absolute Gasteiger partial charge is 0.234 e. The molecule has 11 rings (SSSR count). The zero-order valence-electron chi connectivity index (χ0n) is 27.2. The van der Waals surface area contributed by atoms with Crippen LogP contribution in [0.15, 0.2) is 177 Å². The normalized spacial score (nSPS) is 14.9. The third-order valence-electron chi connectivity index (χ3n) is 10.1. The highest BCUT2D eigenvalue weighted by molar-refractivity contribution is 6.18. The van der Waals surface area contributed by atoms with Crippen molar-refractivity contribution >= 4 is 77.5 Å². The van der Waals surface area contributed by atoms with Crippen molar-refractivity contribution in [3.8, 4) is 11.1 Å². The van der Waals surface area contributed by atoms with Crippen LogP contribution in [0, 0.1) is 0 Å². The van der Waals surface area contributed by atoms with Gasteiger partial charge in [0.05, 0.1) is 11.0 Å². The quantitative estimate of drug-likeness (QED) is 0.206. The van der Waals surface area contributed by atoms with Crippen LogP contribution in [0.4, 0.5) is 0 Å². The summed E-state index contributed by atoms with van der Waals surface area (Å²) in [5.41, 5.74) is 9.77. The van der Waals surface area contributed by atoms with Crippen molar-refractivity contribution in [2.75, 3.05) is 0 Å². The van der Waals surface area contributed by atoms with Gasteiger partial charge in [-0.15, -0.1) is 0 Å². The molecule has 6 heteroatoms. The third-order valence-corrected chi connectivity index (χ3v) is 10.1. The van der Waals surface area contributed by atoms with Gasteiger partial charge in [-0.2, -0.15) is 4.99 Å². The molecule has 0 spiro atoms. The maximum atomic E-state index is 6.49. The van der Waals surface area contributed by atoms with Crippen molar-refractivity contribution in [3.63, 3.8) is 0 Å². The highest BCUT2D eigenvalue weighted by atomic mass is 16.3. The zero-order valence-corrected chi connectivity index (χ0v) is 27.2. The minimum absolute atomic E-state index is 0.324. The Morgan fingerprint density at radius 2 is 1.16 bits per heavy atom. The van der Waals surface area contributed by atoms with Crippen LogP contribution in [0.25, 0.3) is 76.8 Å². The number of hydrogen-bond acceptors (Lipinski definition) is 5. The predicted molar refractivity (Wildman–Crippen MR) is 208 cm³/mol. The van der Waals surface area contributed by atoms with Gasteiger partial charge >= 0.3 is 0 Å². The van der Waals surface area contributed by atoms with E-state index in [1.54, 1.807) is 0 Å². The Morgan fingerprint density at radius 3 is 1.98 bits per heavy atom. The lowest BCUT2D eigenvalue weighted by Gasteiger charge is -2.24. The van der Waals surface area contributed by atoms with E-state index in [9.17, 15) is 0 Å². The van der Waals surface area contributed by atoms with E-state index in [1.807, 2.05) is 48.5 Å². The lowest BCUT2D eigenvalue weighted by molar-refractivity contribution is 0.667. The van der Waals surface area contributed by atoms with E-state index >= 15 is 0 Å². The van der Waals surface area contributed by atoms with Crippen LogP contribution in [0.3, 0.4) is 0 Å². The molecule has 0 fully saturated rings. The monoisotopic (exact) mass is 656 g/mol. The lowest BCUT2D eigenvalue weighted by Crippen LogP contribution is -2.35. The molecule has 1 aliphatic heterocycles. The van der Waals surface area contributed by atoms with Crippen LogP contribution in [0.5, 0.6) is 0 Å². The number of para-hydroxylation sites is 3. The number of fused-ring (bicyclic) bond motifs is 9. The first-order chi connectivity index (χ1) is 25.3. The molecule has 1 atom stereocenters. The largest absolute Gasteiger partial charge is 0.456 e. The molecule has 1 unspecified atom stereocenters. The Hall–Kier alpha value is -6.92. The number of benzene rings is 7. The second-order valence-corrected chi connectivity index (χ2v) is 13.0. The predicted octanol–water partition coefficient (Wildman–Crippen LogP) is 11.2. The van der Waals surface area contributed by atoms with Crippen LogP contribution < -0.4 is 5.32 Å². The Bertz CT molecular complexity index is 3020. The minimum Gasteiger partial charge on any atom is -0.456 e. The summed E-state index contributed by atoms with van der Waals surface area (Å²) in [6.45, 7) is 0. The van der Waals surface area contributed by atoms with Crippen LogP contribution in [0.1, 0.15) is 17.3 Å². The van der Waals surface area contributed by atoms with Gasteiger partial charge in [0.25, 0.3) is 0 Å².